The van der Waals surface area contributed by atoms with Gasteiger partial charge in [-0.1, -0.05) is 12.1 Å². The van der Waals surface area contributed by atoms with E-state index in [2.05, 4.69) is 17.0 Å². The number of nitrogens with zero attached hydrogens (tertiary/aromatic N) is 1. The Hall–Kier alpha value is -2.31. The van der Waals surface area contributed by atoms with Gasteiger partial charge in [0, 0.05) is 26.2 Å². The van der Waals surface area contributed by atoms with Crippen LogP contribution in [0.2, 0.25) is 0 Å². The summed E-state index contributed by atoms with van der Waals surface area (Å²) in [5.74, 6) is 0.0682. The predicted molar refractivity (Wildman–Crippen MR) is 96.4 cm³/mol. The molecule has 0 atom stereocenters. The quantitative estimate of drug-likeness (QED) is 0.777. The molecule has 0 spiro atoms. The Morgan fingerprint density at radius 2 is 1.92 bits per heavy atom. The fourth-order valence-electron chi connectivity index (χ4n) is 3.14. The maximum Gasteiger partial charge on any atom is 0.371 e. The first-order chi connectivity index (χ1) is 12.6. The zero-order chi connectivity index (χ0) is 18.4. The maximum atomic E-state index is 10.8. The van der Waals surface area contributed by atoms with Crippen molar-refractivity contribution in [2.45, 2.75) is 39.0 Å². The molecule has 2 heterocycles. The molecule has 0 aliphatic carbocycles. The molecule has 0 amide bonds. The number of carbonyl (C=O) groups is 1. The van der Waals surface area contributed by atoms with Gasteiger partial charge < -0.3 is 19.0 Å². The fraction of sp³-hybridized carbons (Fsp3) is 0.450. The molecule has 1 aromatic heterocycles. The highest BCUT2D eigenvalue weighted by Gasteiger charge is 2.19. The van der Waals surface area contributed by atoms with Crippen molar-refractivity contribution in [2.24, 2.45) is 0 Å². The molecular weight excluding hydrogens is 334 g/mol. The van der Waals surface area contributed by atoms with Gasteiger partial charge >= 0.3 is 5.97 Å². The molecule has 0 bridgehead atoms. The topological polar surface area (TPSA) is 72.1 Å². The van der Waals surface area contributed by atoms with Gasteiger partial charge in [-0.2, -0.15) is 0 Å². The number of hydrogen-bond donors (Lipinski definition) is 1. The Morgan fingerprint density at radius 1 is 1.19 bits per heavy atom. The molecule has 6 nitrogen and oxygen atoms in total. The number of carboxylic acid groups (broad SMARTS) is 1. The number of furan rings is 1. The molecule has 1 aliphatic rings. The van der Waals surface area contributed by atoms with E-state index in [1.165, 1.54) is 11.6 Å². The highest BCUT2D eigenvalue weighted by atomic mass is 16.5. The van der Waals surface area contributed by atoms with E-state index in [1.54, 1.807) is 6.07 Å². The number of hydrogen-bond acceptors (Lipinski definition) is 5. The number of benzene rings is 1. The Morgan fingerprint density at radius 3 is 2.54 bits per heavy atom. The van der Waals surface area contributed by atoms with Crippen molar-refractivity contribution < 1.29 is 23.8 Å². The van der Waals surface area contributed by atoms with Gasteiger partial charge in [-0.05, 0) is 49.6 Å². The number of likely N-dealkylation sites (tertiary alicyclic amines) is 1. The summed E-state index contributed by atoms with van der Waals surface area (Å²) in [6.07, 6.45) is 2.60. The second-order valence-corrected chi connectivity index (χ2v) is 6.43. The molecular formula is C20H25NO5. The molecule has 1 aromatic carbocycles. The van der Waals surface area contributed by atoms with Crippen LogP contribution in [0.1, 0.15) is 41.6 Å². The van der Waals surface area contributed by atoms with Crippen molar-refractivity contribution in [2.75, 3.05) is 19.7 Å². The zero-order valence-corrected chi connectivity index (χ0v) is 15.0. The van der Waals surface area contributed by atoms with E-state index in [4.69, 9.17) is 19.0 Å². The summed E-state index contributed by atoms with van der Waals surface area (Å²) in [5, 5.41) is 8.84. The first-order valence-electron chi connectivity index (χ1n) is 9.01. The largest absolute Gasteiger partial charge is 0.486 e. The van der Waals surface area contributed by atoms with Crippen LogP contribution in [-0.2, 0) is 17.9 Å². The third-order valence-corrected chi connectivity index (χ3v) is 4.52. The lowest BCUT2D eigenvalue weighted by atomic mass is 10.1. The summed E-state index contributed by atoms with van der Waals surface area (Å²) in [6.45, 7) is 6.10. The first kappa shape index (κ1) is 18.5. The first-order valence-corrected chi connectivity index (χ1v) is 9.01. The smallest absolute Gasteiger partial charge is 0.371 e. The van der Waals surface area contributed by atoms with Gasteiger partial charge in [-0.15, -0.1) is 0 Å². The van der Waals surface area contributed by atoms with Gasteiger partial charge in [0.15, 0.2) is 0 Å². The average molecular weight is 359 g/mol. The molecule has 0 saturated carbocycles. The summed E-state index contributed by atoms with van der Waals surface area (Å²) in [4.78, 5) is 13.2. The van der Waals surface area contributed by atoms with E-state index < -0.39 is 5.97 Å². The van der Waals surface area contributed by atoms with Gasteiger partial charge in [0.2, 0.25) is 5.76 Å². The Balaban J connectivity index is 1.45. The van der Waals surface area contributed by atoms with Crippen LogP contribution in [0.15, 0.2) is 40.8 Å². The van der Waals surface area contributed by atoms with Crippen LogP contribution in [0, 0.1) is 0 Å². The minimum absolute atomic E-state index is 0.0768. The average Bonchev–Trinajstić information content (AvgIpc) is 3.12. The Kier molecular flexibility index (Phi) is 6.30. The lowest BCUT2D eigenvalue weighted by Crippen LogP contribution is -2.36. The second kappa shape index (κ2) is 8.87. The van der Waals surface area contributed by atoms with Gasteiger partial charge in [0.05, 0.1) is 6.10 Å². The molecule has 1 aliphatic heterocycles. The molecule has 26 heavy (non-hydrogen) atoms. The number of piperidine rings is 1. The van der Waals surface area contributed by atoms with Gasteiger partial charge in [0.1, 0.15) is 18.1 Å². The summed E-state index contributed by atoms with van der Waals surface area (Å²) in [6, 6.07) is 11.0. The van der Waals surface area contributed by atoms with E-state index in [0.717, 1.165) is 44.8 Å². The van der Waals surface area contributed by atoms with Crippen molar-refractivity contribution >= 4 is 5.97 Å². The summed E-state index contributed by atoms with van der Waals surface area (Å²) in [5.41, 5.74) is 1.25. The van der Waals surface area contributed by atoms with Crippen molar-refractivity contribution in [3.8, 4) is 5.75 Å². The number of ether oxygens (including phenoxy) is 2. The van der Waals surface area contributed by atoms with Crippen LogP contribution in [-0.4, -0.2) is 41.8 Å². The second-order valence-electron chi connectivity index (χ2n) is 6.43. The van der Waals surface area contributed by atoms with Crippen LogP contribution in [0.3, 0.4) is 0 Å². The summed E-state index contributed by atoms with van der Waals surface area (Å²) in [7, 11) is 0. The molecule has 3 rings (SSSR count). The van der Waals surface area contributed by atoms with Crippen molar-refractivity contribution in [1.29, 1.82) is 0 Å². The maximum absolute atomic E-state index is 10.8. The molecule has 2 aromatic rings. The predicted octanol–water partition coefficient (Wildman–Crippen LogP) is 3.56. The van der Waals surface area contributed by atoms with Gasteiger partial charge in [0.25, 0.3) is 0 Å². The molecule has 0 radical (unpaired) electrons. The minimum Gasteiger partial charge on any atom is -0.486 e. The third-order valence-electron chi connectivity index (χ3n) is 4.52. The monoisotopic (exact) mass is 359 g/mol. The van der Waals surface area contributed by atoms with Crippen molar-refractivity contribution in [1.82, 2.24) is 4.90 Å². The van der Waals surface area contributed by atoms with E-state index in [0.29, 0.717) is 11.9 Å². The highest BCUT2D eigenvalue weighted by Crippen LogP contribution is 2.19. The zero-order valence-electron chi connectivity index (χ0n) is 15.0. The van der Waals surface area contributed by atoms with E-state index >= 15 is 0 Å². The number of rotatable bonds is 8. The van der Waals surface area contributed by atoms with Crippen LogP contribution in [0.4, 0.5) is 0 Å². The standard InChI is InChI=1S/C20H25NO5/c1-2-24-17-9-11-21(12-10-17)13-15-3-5-16(6-4-15)25-14-18-7-8-19(26-18)20(22)23/h3-8,17H,2,9-14H2,1H3,(H,22,23). The SMILES string of the molecule is CCOC1CCN(Cc2ccc(OCc3ccc(C(=O)O)o3)cc2)CC1. The van der Waals surface area contributed by atoms with Gasteiger partial charge in [-0.3, -0.25) is 4.90 Å². The molecule has 1 N–H and O–H groups in total. The Labute approximate surface area is 153 Å². The molecule has 1 fully saturated rings. The third kappa shape index (κ3) is 5.09. The van der Waals surface area contributed by atoms with E-state index in [-0.39, 0.29) is 12.4 Å². The van der Waals surface area contributed by atoms with Crippen molar-refractivity contribution in [3.63, 3.8) is 0 Å². The van der Waals surface area contributed by atoms with Crippen LogP contribution in [0.5, 0.6) is 5.75 Å². The molecule has 140 valence electrons. The number of carboxylic acids is 1. The Bertz CT molecular complexity index is 701. The van der Waals surface area contributed by atoms with Crippen molar-refractivity contribution in [3.05, 3.63) is 53.5 Å². The normalized spacial score (nSPS) is 15.9. The molecule has 6 heteroatoms. The summed E-state index contributed by atoms with van der Waals surface area (Å²) < 4.78 is 16.5. The summed E-state index contributed by atoms with van der Waals surface area (Å²) >= 11 is 0. The molecule has 1 saturated heterocycles. The van der Waals surface area contributed by atoms with E-state index in [1.807, 2.05) is 19.1 Å². The molecule has 0 unspecified atom stereocenters. The minimum atomic E-state index is -1.08. The van der Waals surface area contributed by atoms with Crippen LogP contribution in [0.25, 0.3) is 0 Å². The van der Waals surface area contributed by atoms with Crippen LogP contribution >= 0.6 is 0 Å². The van der Waals surface area contributed by atoms with Gasteiger partial charge in [-0.25, -0.2) is 4.79 Å². The highest BCUT2D eigenvalue weighted by molar-refractivity contribution is 5.84. The van der Waals surface area contributed by atoms with Crippen LogP contribution < -0.4 is 4.74 Å². The lowest BCUT2D eigenvalue weighted by Gasteiger charge is -2.31. The number of aromatic carboxylic acids is 1. The van der Waals surface area contributed by atoms with E-state index in [9.17, 15) is 4.79 Å². The fourth-order valence-corrected chi connectivity index (χ4v) is 3.14. The lowest BCUT2D eigenvalue weighted by molar-refractivity contribution is 0.0125.